The van der Waals surface area contributed by atoms with Crippen molar-refractivity contribution in [2.24, 2.45) is 0 Å². The average molecular weight is 272 g/mol. The standard InChI is InChI=1S/C12H16FNSe/c1-10(14-8-4-5-9-14)11-6-2-3-7-12(11)15-13/h2-3,6-7,10H,4-5,8-9H2,1H3/t10-/m1/s1. The second-order valence-electron chi connectivity index (χ2n) is 4.03. The molecule has 0 bridgehead atoms. The van der Waals surface area contributed by atoms with Crippen LogP contribution < -0.4 is 4.46 Å². The molecule has 0 unspecified atom stereocenters. The molecule has 0 aliphatic carbocycles. The summed E-state index contributed by atoms with van der Waals surface area (Å²) in [5.41, 5.74) is 1.18. The first-order valence-corrected chi connectivity index (χ1v) is 6.95. The summed E-state index contributed by atoms with van der Waals surface area (Å²) in [5.74, 6) is 0. The Bertz CT molecular complexity index is 323. The van der Waals surface area contributed by atoms with Gasteiger partial charge in [0, 0.05) is 0 Å². The average Bonchev–Trinajstić information content (AvgIpc) is 2.81. The van der Waals surface area contributed by atoms with Crippen LogP contribution in [0.5, 0.6) is 0 Å². The molecule has 1 nitrogen and oxygen atoms in total. The van der Waals surface area contributed by atoms with E-state index in [2.05, 4.69) is 17.9 Å². The van der Waals surface area contributed by atoms with E-state index in [1.165, 1.54) is 18.4 Å². The van der Waals surface area contributed by atoms with Crippen molar-refractivity contribution in [2.45, 2.75) is 25.8 Å². The molecular weight excluding hydrogens is 256 g/mol. The third-order valence-corrected chi connectivity index (χ3v) is 4.27. The topological polar surface area (TPSA) is 3.24 Å². The summed E-state index contributed by atoms with van der Waals surface area (Å²) in [4.78, 5) is 2.45. The minimum atomic E-state index is -0.884. The van der Waals surface area contributed by atoms with Crippen LogP contribution in [0.4, 0.5) is 3.55 Å². The molecule has 1 fully saturated rings. The third kappa shape index (κ3) is 2.41. The molecular formula is C12H16FNSe. The fraction of sp³-hybridized carbons (Fsp3) is 0.500. The Morgan fingerprint density at radius 1 is 1.27 bits per heavy atom. The van der Waals surface area contributed by atoms with Crippen LogP contribution in [0.15, 0.2) is 24.3 Å². The van der Waals surface area contributed by atoms with Gasteiger partial charge in [-0.15, -0.1) is 0 Å². The predicted molar refractivity (Wildman–Crippen MR) is 62.2 cm³/mol. The fourth-order valence-corrected chi connectivity index (χ4v) is 3.18. The van der Waals surface area contributed by atoms with Crippen molar-refractivity contribution < 1.29 is 3.55 Å². The van der Waals surface area contributed by atoms with Gasteiger partial charge in [-0.1, -0.05) is 0 Å². The van der Waals surface area contributed by atoms with E-state index in [0.29, 0.717) is 6.04 Å². The maximum atomic E-state index is 12.9. The third-order valence-electron chi connectivity index (χ3n) is 3.14. The first-order chi connectivity index (χ1) is 7.33. The predicted octanol–water partition coefficient (Wildman–Crippen LogP) is 2.06. The van der Waals surface area contributed by atoms with Crippen LogP contribution in [0.3, 0.4) is 0 Å². The van der Waals surface area contributed by atoms with Crippen LogP contribution in [-0.4, -0.2) is 33.4 Å². The van der Waals surface area contributed by atoms with Gasteiger partial charge in [-0.3, -0.25) is 0 Å². The molecule has 0 N–H and O–H groups in total. The fourth-order valence-electron chi connectivity index (χ4n) is 2.22. The van der Waals surface area contributed by atoms with Gasteiger partial charge >= 0.3 is 97.1 Å². The molecule has 1 aliphatic heterocycles. The van der Waals surface area contributed by atoms with Crippen molar-refractivity contribution in [3.8, 4) is 0 Å². The van der Waals surface area contributed by atoms with Crippen molar-refractivity contribution in [3.05, 3.63) is 29.8 Å². The Morgan fingerprint density at radius 2 is 1.93 bits per heavy atom. The summed E-state index contributed by atoms with van der Waals surface area (Å²) in [6.45, 7) is 4.51. The number of likely N-dealkylation sites (tertiary alicyclic amines) is 1. The SMILES string of the molecule is C[C@H](c1ccccc1[Se]F)N1CCCC1. The van der Waals surface area contributed by atoms with Crippen LogP contribution in [0.1, 0.15) is 31.4 Å². The molecule has 0 radical (unpaired) electrons. The molecule has 1 saturated heterocycles. The maximum absolute atomic E-state index is 12.9. The van der Waals surface area contributed by atoms with Gasteiger partial charge in [0.05, 0.1) is 0 Å². The quantitative estimate of drug-likeness (QED) is 0.761. The second-order valence-corrected chi connectivity index (χ2v) is 5.28. The van der Waals surface area contributed by atoms with E-state index in [-0.39, 0.29) is 0 Å². The number of nitrogens with zero attached hydrogens (tertiary/aromatic N) is 1. The number of halogens is 1. The Kier molecular flexibility index (Phi) is 3.79. The second kappa shape index (κ2) is 5.11. The van der Waals surface area contributed by atoms with Crippen LogP contribution >= 0.6 is 0 Å². The molecule has 1 aliphatic rings. The van der Waals surface area contributed by atoms with Gasteiger partial charge in [-0.25, -0.2) is 0 Å². The zero-order chi connectivity index (χ0) is 10.7. The van der Waals surface area contributed by atoms with Gasteiger partial charge in [0.25, 0.3) is 0 Å². The molecule has 2 rings (SSSR count). The van der Waals surface area contributed by atoms with Crippen LogP contribution in [-0.2, 0) is 0 Å². The zero-order valence-electron chi connectivity index (χ0n) is 8.95. The van der Waals surface area contributed by atoms with E-state index in [9.17, 15) is 3.55 Å². The molecule has 1 aromatic carbocycles. The molecule has 3 heteroatoms. The first-order valence-electron chi connectivity index (χ1n) is 5.44. The van der Waals surface area contributed by atoms with Gasteiger partial charge in [0.1, 0.15) is 0 Å². The number of hydrogen-bond donors (Lipinski definition) is 0. The van der Waals surface area contributed by atoms with E-state index >= 15 is 0 Å². The first kappa shape index (κ1) is 11.1. The summed E-state index contributed by atoms with van der Waals surface area (Å²) in [5, 5.41) is 0. The molecule has 1 heterocycles. The van der Waals surface area contributed by atoms with Gasteiger partial charge in [0.15, 0.2) is 0 Å². The summed E-state index contributed by atoms with van der Waals surface area (Å²) < 4.78 is 13.8. The molecule has 0 amide bonds. The molecule has 0 spiro atoms. The van der Waals surface area contributed by atoms with Gasteiger partial charge in [-0.05, 0) is 0 Å². The number of rotatable bonds is 3. The van der Waals surface area contributed by atoms with E-state index in [0.717, 1.165) is 17.6 Å². The number of hydrogen-bond acceptors (Lipinski definition) is 1. The van der Waals surface area contributed by atoms with Crippen LogP contribution in [0.2, 0.25) is 0 Å². The van der Waals surface area contributed by atoms with E-state index in [4.69, 9.17) is 0 Å². The van der Waals surface area contributed by atoms with Crippen molar-refractivity contribution in [1.82, 2.24) is 4.90 Å². The summed E-state index contributed by atoms with van der Waals surface area (Å²) in [7, 11) is 0. The summed E-state index contributed by atoms with van der Waals surface area (Å²) in [6.07, 6.45) is 2.57. The van der Waals surface area contributed by atoms with Gasteiger partial charge in [0.2, 0.25) is 0 Å². The van der Waals surface area contributed by atoms with E-state index in [1.807, 2.05) is 18.2 Å². The molecule has 0 saturated carbocycles. The van der Waals surface area contributed by atoms with Gasteiger partial charge in [-0.2, -0.15) is 0 Å². The Morgan fingerprint density at radius 3 is 2.60 bits per heavy atom. The Balaban J connectivity index is 2.19. The van der Waals surface area contributed by atoms with Crippen molar-refractivity contribution in [1.29, 1.82) is 0 Å². The zero-order valence-corrected chi connectivity index (χ0v) is 10.7. The molecule has 1 atom stereocenters. The Hall–Kier alpha value is -0.371. The Labute approximate surface area is 97.3 Å². The van der Waals surface area contributed by atoms with E-state index < -0.39 is 15.4 Å². The van der Waals surface area contributed by atoms with Gasteiger partial charge < -0.3 is 0 Å². The molecule has 0 aromatic heterocycles. The van der Waals surface area contributed by atoms with Crippen LogP contribution in [0.25, 0.3) is 0 Å². The molecule has 15 heavy (non-hydrogen) atoms. The summed E-state index contributed by atoms with van der Waals surface area (Å²) in [6, 6.07) is 8.30. The summed E-state index contributed by atoms with van der Waals surface area (Å²) >= 11 is -0.884. The molecule has 1 aromatic rings. The molecule has 82 valence electrons. The van der Waals surface area contributed by atoms with Crippen LogP contribution in [0, 0.1) is 0 Å². The minimum absolute atomic E-state index is 0.376. The van der Waals surface area contributed by atoms with Crippen molar-refractivity contribution in [3.63, 3.8) is 0 Å². The number of benzene rings is 1. The van der Waals surface area contributed by atoms with Crippen molar-refractivity contribution >= 4 is 19.9 Å². The monoisotopic (exact) mass is 273 g/mol. The van der Waals surface area contributed by atoms with E-state index in [1.54, 1.807) is 0 Å². The van der Waals surface area contributed by atoms with Crippen molar-refractivity contribution in [2.75, 3.05) is 13.1 Å². The normalized spacial score (nSPS) is 19.3.